The Morgan fingerprint density at radius 1 is 0.933 bits per heavy atom. The van der Waals surface area contributed by atoms with E-state index in [9.17, 15) is 9.59 Å². The van der Waals surface area contributed by atoms with Gasteiger partial charge in [-0.1, -0.05) is 30.3 Å². The molecule has 1 aliphatic carbocycles. The molecule has 1 saturated heterocycles. The van der Waals surface area contributed by atoms with Gasteiger partial charge in [0.1, 0.15) is 0 Å². The monoisotopic (exact) mass is 409 g/mol. The molecular formula is C24H27NO5. The van der Waals surface area contributed by atoms with Gasteiger partial charge in [-0.2, -0.15) is 0 Å². The fraction of sp³-hybridized carbons (Fsp3) is 0.417. The Hall–Kier alpha value is -2.70. The largest absolute Gasteiger partial charge is 0.465 e. The summed E-state index contributed by atoms with van der Waals surface area (Å²) in [6, 6.07) is 16.1. The maximum atomic E-state index is 12.6. The normalized spacial score (nSPS) is 21.8. The van der Waals surface area contributed by atoms with Crippen LogP contribution < -0.4 is 0 Å². The van der Waals surface area contributed by atoms with Crippen LogP contribution in [0.15, 0.2) is 54.6 Å². The first-order valence-electron chi connectivity index (χ1n) is 10.5. The average molecular weight is 409 g/mol. The van der Waals surface area contributed by atoms with E-state index in [4.69, 9.17) is 14.3 Å². The average Bonchev–Trinajstić information content (AvgIpc) is 3.63. The van der Waals surface area contributed by atoms with Crippen molar-refractivity contribution in [3.8, 4) is 0 Å². The van der Waals surface area contributed by atoms with Gasteiger partial charge in [-0.3, -0.25) is 0 Å². The lowest BCUT2D eigenvalue weighted by molar-refractivity contribution is -0.173. The second-order valence-corrected chi connectivity index (χ2v) is 7.94. The number of hydrogen-bond donors (Lipinski definition) is 0. The molecule has 0 radical (unpaired) electrons. The summed E-state index contributed by atoms with van der Waals surface area (Å²) in [4.78, 5) is 30.1. The highest BCUT2D eigenvalue weighted by Crippen LogP contribution is 2.35. The SMILES string of the molecule is COC(=O)c1ccc([C@@H]2C[C@@H](OCC3CC3)CCN2OC(=O)c2ccccc2)cc1. The third kappa shape index (κ3) is 5.07. The first-order chi connectivity index (χ1) is 14.6. The minimum Gasteiger partial charge on any atom is -0.465 e. The molecule has 6 heteroatoms. The molecule has 2 atom stereocenters. The molecule has 2 aliphatic rings. The second-order valence-electron chi connectivity index (χ2n) is 7.94. The lowest BCUT2D eigenvalue weighted by Gasteiger charge is -2.38. The number of hydrogen-bond acceptors (Lipinski definition) is 6. The van der Waals surface area contributed by atoms with Crippen molar-refractivity contribution in [2.45, 2.75) is 37.8 Å². The van der Waals surface area contributed by atoms with Crippen molar-refractivity contribution in [1.82, 2.24) is 5.06 Å². The van der Waals surface area contributed by atoms with E-state index in [0.717, 1.165) is 25.0 Å². The van der Waals surface area contributed by atoms with Crippen LogP contribution in [0.1, 0.15) is 58.0 Å². The molecule has 0 N–H and O–H groups in total. The van der Waals surface area contributed by atoms with Crippen molar-refractivity contribution in [2.75, 3.05) is 20.3 Å². The molecule has 0 bridgehead atoms. The van der Waals surface area contributed by atoms with E-state index >= 15 is 0 Å². The maximum Gasteiger partial charge on any atom is 0.357 e. The first kappa shape index (κ1) is 20.6. The van der Waals surface area contributed by atoms with Crippen LogP contribution >= 0.6 is 0 Å². The summed E-state index contributed by atoms with van der Waals surface area (Å²) in [5.41, 5.74) is 1.99. The van der Waals surface area contributed by atoms with Gasteiger partial charge in [0, 0.05) is 13.2 Å². The van der Waals surface area contributed by atoms with Crippen LogP contribution in [0.3, 0.4) is 0 Å². The minimum absolute atomic E-state index is 0.127. The molecule has 6 nitrogen and oxygen atoms in total. The third-order valence-corrected chi connectivity index (χ3v) is 5.70. The van der Waals surface area contributed by atoms with Crippen LogP contribution in [0.4, 0.5) is 0 Å². The molecule has 4 rings (SSSR count). The molecule has 2 fully saturated rings. The van der Waals surface area contributed by atoms with Gasteiger partial charge >= 0.3 is 11.9 Å². The zero-order chi connectivity index (χ0) is 20.9. The Morgan fingerprint density at radius 3 is 2.30 bits per heavy atom. The quantitative estimate of drug-likeness (QED) is 0.640. The summed E-state index contributed by atoms with van der Waals surface area (Å²) in [5.74, 6) is -0.0379. The third-order valence-electron chi connectivity index (χ3n) is 5.70. The Morgan fingerprint density at radius 2 is 1.63 bits per heavy atom. The molecule has 2 aromatic rings. The lowest BCUT2D eigenvalue weighted by atomic mass is 9.94. The molecule has 30 heavy (non-hydrogen) atoms. The first-order valence-corrected chi connectivity index (χ1v) is 10.5. The van der Waals surface area contributed by atoms with Gasteiger partial charge in [0.2, 0.25) is 0 Å². The molecule has 0 spiro atoms. The highest BCUT2D eigenvalue weighted by molar-refractivity contribution is 5.89. The number of ether oxygens (including phenoxy) is 2. The summed E-state index contributed by atoms with van der Waals surface area (Å²) in [7, 11) is 1.37. The second kappa shape index (κ2) is 9.41. The van der Waals surface area contributed by atoms with Crippen molar-refractivity contribution in [2.24, 2.45) is 5.92 Å². The number of benzene rings is 2. The molecular weight excluding hydrogens is 382 g/mol. The smallest absolute Gasteiger partial charge is 0.357 e. The number of carbonyl (C=O) groups excluding carboxylic acids is 2. The van der Waals surface area contributed by atoms with E-state index in [2.05, 4.69) is 0 Å². The standard InChI is InChI=1S/C24H27NO5/c1-28-23(26)20-11-9-18(10-12-20)22-15-21(29-16-17-7-8-17)13-14-25(22)30-24(27)19-5-3-2-4-6-19/h2-6,9-12,17,21-22H,7-8,13-16H2,1H3/t21-,22-/m0/s1. The number of hydroxylamine groups is 2. The van der Waals surface area contributed by atoms with Crippen LogP contribution in [0, 0.1) is 5.92 Å². The predicted molar refractivity (Wildman–Crippen MR) is 111 cm³/mol. The van der Waals surface area contributed by atoms with Gasteiger partial charge in [-0.05, 0) is 61.4 Å². The topological polar surface area (TPSA) is 65.1 Å². The highest BCUT2D eigenvalue weighted by Gasteiger charge is 2.34. The van der Waals surface area contributed by atoms with Crippen LogP contribution in [0.2, 0.25) is 0 Å². The number of rotatable bonds is 7. The van der Waals surface area contributed by atoms with Crippen molar-refractivity contribution >= 4 is 11.9 Å². The van der Waals surface area contributed by atoms with Gasteiger partial charge in [0.25, 0.3) is 0 Å². The zero-order valence-electron chi connectivity index (χ0n) is 17.2. The molecule has 0 aromatic heterocycles. The van der Waals surface area contributed by atoms with Crippen LogP contribution in [-0.2, 0) is 14.3 Å². The van der Waals surface area contributed by atoms with Crippen molar-refractivity contribution in [3.63, 3.8) is 0 Å². The van der Waals surface area contributed by atoms with E-state index < -0.39 is 0 Å². The van der Waals surface area contributed by atoms with Gasteiger partial charge in [-0.15, -0.1) is 5.06 Å². The number of methoxy groups -OCH3 is 1. The van der Waals surface area contributed by atoms with Crippen molar-refractivity contribution < 1.29 is 23.9 Å². The van der Waals surface area contributed by atoms with Crippen molar-refractivity contribution in [1.29, 1.82) is 0 Å². The summed E-state index contributed by atoms with van der Waals surface area (Å²) in [6.07, 6.45) is 4.18. The van der Waals surface area contributed by atoms with E-state index in [-0.39, 0.29) is 24.1 Å². The number of nitrogens with zero attached hydrogens (tertiary/aromatic N) is 1. The van der Waals surface area contributed by atoms with Gasteiger partial charge in [0.05, 0.1) is 30.4 Å². The van der Waals surface area contributed by atoms with E-state index in [1.807, 2.05) is 30.3 Å². The lowest BCUT2D eigenvalue weighted by Crippen LogP contribution is -2.41. The maximum absolute atomic E-state index is 12.6. The van der Waals surface area contributed by atoms with Gasteiger partial charge < -0.3 is 14.3 Å². The fourth-order valence-corrected chi connectivity index (χ4v) is 3.72. The van der Waals surface area contributed by atoms with Gasteiger partial charge in [0.15, 0.2) is 0 Å². The Bertz CT molecular complexity index is 863. The van der Waals surface area contributed by atoms with Crippen LogP contribution in [0.25, 0.3) is 0 Å². The molecule has 158 valence electrons. The molecule has 1 aliphatic heterocycles. The Balaban J connectivity index is 1.49. The number of piperidine rings is 1. The van der Waals surface area contributed by atoms with Crippen LogP contribution in [0.5, 0.6) is 0 Å². The van der Waals surface area contributed by atoms with Gasteiger partial charge in [-0.25, -0.2) is 9.59 Å². The van der Waals surface area contributed by atoms with E-state index in [0.29, 0.717) is 23.6 Å². The summed E-state index contributed by atoms with van der Waals surface area (Å²) >= 11 is 0. The molecule has 1 heterocycles. The Kier molecular flexibility index (Phi) is 6.45. The summed E-state index contributed by atoms with van der Waals surface area (Å²) in [5, 5.41) is 1.75. The molecule has 2 aromatic carbocycles. The molecule has 0 amide bonds. The molecule has 0 unspecified atom stereocenters. The predicted octanol–water partition coefficient (Wildman–Crippen LogP) is 4.18. The van der Waals surface area contributed by atoms with Crippen LogP contribution in [-0.4, -0.2) is 43.4 Å². The highest BCUT2D eigenvalue weighted by atomic mass is 16.7. The molecule has 1 saturated carbocycles. The number of esters is 1. The number of carbonyl (C=O) groups is 2. The summed E-state index contributed by atoms with van der Waals surface area (Å²) in [6.45, 7) is 1.40. The zero-order valence-corrected chi connectivity index (χ0v) is 17.2. The summed E-state index contributed by atoms with van der Waals surface area (Å²) < 4.78 is 10.9. The van der Waals surface area contributed by atoms with E-state index in [1.54, 1.807) is 29.3 Å². The Labute approximate surface area is 176 Å². The fourth-order valence-electron chi connectivity index (χ4n) is 3.72. The van der Waals surface area contributed by atoms with E-state index in [1.165, 1.54) is 20.0 Å². The minimum atomic E-state index is -0.372. The van der Waals surface area contributed by atoms with Crippen molar-refractivity contribution in [3.05, 3.63) is 71.3 Å².